The monoisotopic (exact) mass is 1780 g/mol. The highest BCUT2D eigenvalue weighted by Crippen LogP contribution is 2.41. The minimum absolute atomic E-state index is 0. The van der Waals surface area contributed by atoms with Gasteiger partial charge in [-0.15, -0.1) is 23.5 Å². The average Bonchev–Trinajstić information content (AvgIpc) is 0.834. The molecular weight excluding hydrogens is 1650 g/mol. The van der Waals surface area contributed by atoms with Crippen LogP contribution in [0.1, 0.15) is 210 Å². The first-order valence-electron chi connectivity index (χ1n) is 45.2. The van der Waals surface area contributed by atoms with Crippen LogP contribution in [0.15, 0.2) is 373 Å². The molecule has 132 heavy (non-hydrogen) atoms. The number of hydrogen-bond acceptors (Lipinski definition) is 12. The Morgan fingerprint density at radius 2 is 0.947 bits per heavy atom. The third-order valence-electron chi connectivity index (χ3n) is 22.7. The number of fused-ring (bicyclic) bond motifs is 1. The van der Waals surface area contributed by atoms with Crippen molar-refractivity contribution in [3.63, 3.8) is 0 Å². The van der Waals surface area contributed by atoms with Crippen molar-refractivity contribution in [3.05, 3.63) is 442 Å². The van der Waals surface area contributed by atoms with Crippen LogP contribution in [0.3, 0.4) is 0 Å². The Labute approximate surface area is 796 Å². The number of nitrogens with one attached hydrogen (secondary N) is 4. The van der Waals surface area contributed by atoms with Crippen LogP contribution in [0, 0.1) is 34.6 Å². The summed E-state index contributed by atoms with van der Waals surface area (Å²) in [5, 5.41) is 37.9. The van der Waals surface area contributed by atoms with Crippen LogP contribution in [0.2, 0.25) is 0 Å². The summed E-state index contributed by atoms with van der Waals surface area (Å²) in [7, 11) is 0. The summed E-state index contributed by atoms with van der Waals surface area (Å²) < 4.78 is 6.40. The number of para-hydroxylation sites is 7. The number of aliphatic imine (C=N–C) groups is 1. The summed E-state index contributed by atoms with van der Waals surface area (Å²) in [5.41, 5.74) is 28.7. The Bertz CT molecular complexity index is 6260. The second-order valence-corrected chi connectivity index (χ2v) is 36.2. The predicted octanol–water partition coefficient (Wildman–Crippen LogP) is 34.2. The van der Waals surface area contributed by atoms with Crippen LogP contribution in [-0.2, 0) is 6.54 Å². The number of aryl methyl sites for hydroxylation is 5. The smallest absolute Gasteiger partial charge is 0.150 e. The highest BCUT2D eigenvalue weighted by Gasteiger charge is 2.23. The molecule has 2 aromatic heterocycles. The molecule has 0 aliphatic rings. The molecule has 0 fully saturated rings. The maximum Gasteiger partial charge on any atom is 0.150 e. The number of ether oxygens (including phenoxy) is 1. The van der Waals surface area contributed by atoms with E-state index in [2.05, 4.69) is 350 Å². The van der Waals surface area contributed by atoms with Crippen molar-refractivity contribution in [1.82, 2.24) is 9.97 Å². The first-order valence-corrected chi connectivity index (χ1v) is 47.4. The van der Waals surface area contributed by atoms with Gasteiger partial charge < -0.3 is 36.2 Å². The lowest BCUT2D eigenvalue weighted by atomic mass is 9.93. The molecule has 0 radical (unpaired) electrons. The molecule has 16 rings (SSSR count). The van der Waals surface area contributed by atoms with E-state index in [0.717, 1.165) is 107 Å². The highest BCUT2D eigenvalue weighted by atomic mass is 32.2. The number of aliphatic hydroxyl groups excluding tert-OH is 1. The van der Waals surface area contributed by atoms with Crippen LogP contribution in [0.5, 0.6) is 17.2 Å². The first-order chi connectivity index (χ1) is 63.0. The number of thioether (sulfide) groups is 2. The van der Waals surface area contributed by atoms with Gasteiger partial charge in [0, 0.05) is 66.8 Å². The molecule has 0 saturated heterocycles. The molecular formula is C120H133N7O3S2. The number of nitrogens with zero attached hydrogens (tertiary/aromatic N) is 3. The van der Waals surface area contributed by atoms with E-state index in [1.165, 1.54) is 70.8 Å². The number of hydrogen-bond donors (Lipinski definition) is 6. The zero-order valence-corrected chi connectivity index (χ0v) is 79.7. The predicted molar refractivity (Wildman–Crippen MR) is 571 cm³/mol. The van der Waals surface area contributed by atoms with Crippen molar-refractivity contribution in [2.24, 2.45) is 4.99 Å². The summed E-state index contributed by atoms with van der Waals surface area (Å²) in [5.74, 6) is 4.79. The number of rotatable bonds is 27. The van der Waals surface area contributed by atoms with Gasteiger partial charge in [0.2, 0.25) is 0 Å². The van der Waals surface area contributed by atoms with E-state index in [-0.39, 0.29) is 26.6 Å². The standard InChI is InChI=1S/C33H36N2O.C30H32N2O.C25H24N2.C17H20OS.C13H13NS.2CH4/c1-22(2)27-16-12-17-28(23(3)4)32(27)34-21-26-15-7-8-18-29(26)35-30-19-9-10-20-31(30)36-33-24(5)13-11-14-25(33)6;1-20(2)22-13-16-25(17-14-22)31-30(26-18-15-24(21(3)4)19-29(26)33)28-12-8-11-27(32-28)23-9-6-5-7-10-23;1-17-14-18(2)25(19(3)15-17)26-16-21-10-7-13-24(27-21)23-12-6-9-20-8-4-5-11-22(20)23;1-13(2)15-10-6-7-11-17(15)19-12-16(18)14-8-4-3-5-9-14;1-15-13-10-6-5-9-12(13)14-11-7-3-2-4-8-11;;/h7-23,35H,1-6H3;5-21,30-31,33H,1-4H3;4-15,26H,16H2,1-3H3;3-11,13,16,18H,12H2,1-2H3;2-10,14H,1H3;2*1H4. The van der Waals surface area contributed by atoms with Crippen molar-refractivity contribution in [2.45, 2.75) is 177 Å². The van der Waals surface area contributed by atoms with Gasteiger partial charge in [-0.1, -0.05) is 357 Å². The largest absolute Gasteiger partial charge is 0.508 e. The molecule has 0 aliphatic carbocycles. The normalized spacial score (nSPS) is 11.3. The average molecular weight is 1790 g/mol. The molecule has 14 aromatic carbocycles. The molecule has 10 nitrogen and oxygen atoms in total. The topological polar surface area (TPSA) is 136 Å². The molecule has 6 N–H and O–H groups in total. The fourth-order valence-electron chi connectivity index (χ4n) is 15.6. The summed E-state index contributed by atoms with van der Waals surface area (Å²) in [6, 6.07) is 122. The zero-order valence-electron chi connectivity index (χ0n) is 78.1. The summed E-state index contributed by atoms with van der Waals surface area (Å²) in [6.07, 6.45) is 3.65. The van der Waals surface area contributed by atoms with Crippen molar-refractivity contribution >= 4 is 80.3 Å². The molecule has 2 atom stereocenters. The number of anilines is 6. The van der Waals surface area contributed by atoms with Crippen LogP contribution >= 0.6 is 23.5 Å². The summed E-state index contributed by atoms with van der Waals surface area (Å²) in [6.45, 7) is 33.3. The number of aromatic nitrogens is 2. The Morgan fingerprint density at radius 3 is 1.60 bits per heavy atom. The molecule has 0 saturated carbocycles. The van der Waals surface area contributed by atoms with Gasteiger partial charge >= 0.3 is 0 Å². The van der Waals surface area contributed by atoms with Crippen LogP contribution in [0.4, 0.5) is 39.8 Å². The quantitative estimate of drug-likeness (QED) is 0.0217. The van der Waals surface area contributed by atoms with Gasteiger partial charge in [0.25, 0.3) is 0 Å². The highest BCUT2D eigenvalue weighted by molar-refractivity contribution is 7.99. The fraction of sp³-hybridized carbons (Fsp3) is 0.225. The first kappa shape index (κ1) is 101. The van der Waals surface area contributed by atoms with Crippen molar-refractivity contribution in [3.8, 4) is 39.8 Å². The van der Waals surface area contributed by atoms with Gasteiger partial charge in [-0.2, -0.15) is 0 Å². The third-order valence-corrected chi connectivity index (χ3v) is 24.7. The lowest BCUT2D eigenvalue weighted by Gasteiger charge is -2.23. The number of phenols is 1. The molecule has 678 valence electrons. The maximum absolute atomic E-state index is 11.0. The van der Waals surface area contributed by atoms with Gasteiger partial charge in [-0.3, -0.25) is 15.0 Å². The Balaban J connectivity index is 0.000000176. The van der Waals surface area contributed by atoms with E-state index in [4.69, 9.17) is 19.7 Å². The van der Waals surface area contributed by atoms with Gasteiger partial charge in [0.1, 0.15) is 11.5 Å². The fourth-order valence-corrected chi connectivity index (χ4v) is 17.4. The molecule has 0 bridgehead atoms. The number of pyridine rings is 2. The van der Waals surface area contributed by atoms with E-state index in [0.29, 0.717) is 41.9 Å². The Hall–Kier alpha value is -13.2. The molecule has 0 spiro atoms. The molecule has 16 aromatic rings. The van der Waals surface area contributed by atoms with E-state index in [1.807, 2.05) is 146 Å². The van der Waals surface area contributed by atoms with Crippen LogP contribution in [-0.4, -0.2) is 38.4 Å². The van der Waals surface area contributed by atoms with E-state index in [9.17, 15) is 10.2 Å². The van der Waals surface area contributed by atoms with Crippen molar-refractivity contribution in [1.29, 1.82) is 0 Å². The van der Waals surface area contributed by atoms with Gasteiger partial charge in [-0.25, -0.2) is 0 Å². The second kappa shape index (κ2) is 50.2. The molecule has 12 heteroatoms. The van der Waals surface area contributed by atoms with Crippen molar-refractivity contribution < 1.29 is 14.9 Å². The third kappa shape index (κ3) is 28.2. The Morgan fingerprint density at radius 1 is 0.417 bits per heavy atom. The SMILES string of the molecule is C.C.CC(C)c1ccc(NC(c2cccc(-c3ccccc3)n2)c2ccc(C(C)C)cc2O)cc1.CC(C)c1ccccc1SCC(O)c1ccccc1.CSc1ccccc1Nc1ccccc1.Cc1cc(C)c(NCc2cccc(-c3cccc4ccccc34)n2)c(C)c1.Cc1cccc(C)c1Oc1ccccc1Nc1ccccc1C=Nc1c(C(C)C)cccc1C(C)C. The molecule has 2 unspecified atom stereocenters. The Kier molecular flexibility index (Phi) is 38.4. The van der Waals surface area contributed by atoms with E-state index >= 15 is 0 Å². The lowest BCUT2D eigenvalue weighted by molar-refractivity contribution is 0.204. The zero-order chi connectivity index (χ0) is 92.0. The lowest BCUT2D eigenvalue weighted by Crippen LogP contribution is -2.15. The van der Waals surface area contributed by atoms with Crippen LogP contribution < -0.4 is 26.0 Å². The number of aromatic hydroxyl groups is 1. The summed E-state index contributed by atoms with van der Waals surface area (Å²) >= 11 is 3.48. The minimum atomic E-state index is -0.411. The van der Waals surface area contributed by atoms with Crippen LogP contribution in [0.25, 0.3) is 33.3 Å². The summed E-state index contributed by atoms with van der Waals surface area (Å²) in [4.78, 5) is 17.5. The van der Waals surface area contributed by atoms with Gasteiger partial charge in [0.05, 0.1) is 58.5 Å². The van der Waals surface area contributed by atoms with Crippen molar-refractivity contribution in [2.75, 3.05) is 33.3 Å². The molecule has 0 amide bonds. The minimum Gasteiger partial charge on any atom is -0.508 e. The van der Waals surface area contributed by atoms with Gasteiger partial charge in [-0.05, 0) is 228 Å². The van der Waals surface area contributed by atoms with E-state index in [1.54, 1.807) is 23.5 Å². The molecule has 2 heterocycles. The number of aliphatic hydroxyl groups is 1. The number of phenolic OH excluding ortho intramolecular Hbond substituents is 1. The maximum atomic E-state index is 11.0. The van der Waals surface area contributed by atoms with E-state index < -0.39 is 6.10 Å². The molecule has 0 aliphatic heterocycles. The number of benzene rings is 14. The van der Waals surface area contributed by atoms with Gasteiger partial charge in [0.15, 0.2) is 5.75 Å². The second-order valence-electron chi connectivity index (χ2n) is 34.3.